The summed E-state index contributed by atoms with van der Waals surface area (Å²) in [6.07, 6.45) is 4.31. The van der Waals surface area contributed by atoms with Crippen molar-refractivity contribution >= 4 is 21.4 Å². The van der Waals surface area contributed by atoms with Gasteiger partial charge in [-0.1, -0.05) is 12.1 Å². The SMILES string of the molecule is NC(Cc1cccnc1)c1cc2ccc(F)cc2s1. The summed E-state index contributed by atoms with van der Waals surface area (Å²) < 4.78 is 14.1. The van der Waals surface area contributed by atoms with Gasteiger partial charge in [-0.15, -0.1) is 11.3 Å². The Morgan fingerprint density at radius 1 is 1.26 bits per heavy atom. The van der Waals surface area contributed by atoms with Crippen LogP contribution in [0.3, 0.4) is 0 Å². The van der Waals surface area contributed by atoms with Crippen molar-refractivity contribution in [1.29, 1.82) is 0 Å². The molecule has 1 aromatic carbocycles. The minimum atomic E-state index is -0.207. The lowest BCUT2D eigenvalue weighted by Crippen LogP contribution is -2.11. The first-order valence-electron chi connectivity index (χ1n) is 6.06. The second-order valence-electron chi connectivity index (χ2n) is 4.50. The van der Waals surface area contributed by atoms with Crippen molar-refractivity contribution < 1.29 is 4.39 Å². The number of fused-ring (bicyclic) bond motifs is 1. The van der Waals surface area contributed by atoms with Gasteiger partial charge in [0.15, 0.2) is 0 Å². The van der Waals surface area contributed by atoms with Crippen LogP contribution in [0.2, 0.25) is 0 Å². The topological polar surface area (TPSA) is 38.9 Å². The van der Waals surface area contributed by atoms with Crippen LogP contribution < -0.4 is 5.73 Å². The van der Waals surface area contributed by atoms with Crippen LogP contribution in [-0.4, -0.2) is 4.98 Å². The number of nitrogens with two attached hydrogens (primary N) is 1. The van der Waals surface area contributed by atoms with Crippen LogP contribution in [0.25, 0.3) is 10.1 Å². The first-order chi connectivity index (χ1) is 9.22. The Bertz CT molecular complexity index is 694. The van der Waals surface area contributed by atoms with E-state index in [9.17, 15) is 4.39 Å². The van der Waals surface area contributed by atoms with E-state index in [1.165, 1.54) is 6.07 Å². The first kappa shape index (κ1) is 12.3. The Morgan fingerprint density at radius 2 is 2.16 bits per heavy atom. The number of rotatable bonds is 3. The molecule has 0 aliphatic carbocycles. The number of benzene rings is 1. The molecule has 0 saturated carbocycles. The zero-order valence-corrected chi connectivity index (χ0v) is 11.0. The maximum absolute atomic E-state index is 13.2. The average molecular weight is 272 g/mol. The highest BCUT2D eigenvalue weighted by Crippen LogP contribution is 2.30. The number of aromatic nitrogens is 1. The molecule has 0 saturated heterocycles. The number of nitrogens with zero attached hydrogens (tertiary/aromatic N) is 1. The summed E-state index contributed by atoms with van der Waals surface area (Å²) in [5.74, 6) is -0.207. The normalized spacial score (nSPS) is 12.7. The Morgan fingerprint density at radius 3 is 2.95 bits per heavy atom. The minimum Gasteiger partial charge on any atom is -0.323 e. The molecule has 19 heavy (non-hydrogen) atoms. The number of pyridine rings is 1. The minimum absolute atomic E-state index is 0.0790. The Kier molecular flexibility index (Phi) is 3.27. The molecule has 2 nitrogen and oxygen atoms in total. The molecule has 1 atom stereocenters. The van der Waals surface area contributed by atoms with Crippen molar-refractivity contribution in [3.05, 3.63) is 65.0 Å². The maximum atomic E-state index is 13.2. The Hall–Kier alpha value is -1.78. The number of hydrogen-bond acceptors (Lipinski definition) is 3. The molecule has 0 aliphatic rings. The van der Waals surface area contributed by atoms with Crippen molar-refractivity contribution in [3.8, 4) is 0 Å². The number of thiophene rings is 1. The third kappa shape index (κ3) is 2.64. The predicted molar refractivity (Wildman–Crippen MR) is 76.7 cm³/mol. The molecule has 0 aliphatic heterocycles. The van der Waals surface area contributed by atoms with Crippen LogP contribution in [0.4, 0.5) is 4.39 Å². The van der Waals surface area contributed by atoms with Crippen molar-refractivity contribution in [2.45, 2.75) is 12.5 Å². The van der Waals surface area contributed by atoms with Gasteiger partial charge >= 0.3 is 0 Å². The quantitative estimate of drug-likeness (QED) is 0.790. The van der Waals surface area contributed by atoms with Gasteiger partial charge in [0, 0.05) is 28.0 Å². The summed E-state index contributed by atoms with van der Waals surface area (Å²) >= 11 is 1.55. The average Bonchev–Trinajstić information content (AvgIpc) is 2.83. The van der Waals surface area contributed by atoms with E-state index in [4.69, 9.17) is 5.73 Å². The lowest BCUT2D eigenvalue weighted by Gasteiger charge is -2.08. The summed E-state index contributed by atoms with van der Waals surface area (Å²) in [6.45, 7) is 0. The van der Waals surface area contributed by atoms with Gasteiger partial charge < -0.3 is 5.73 Å². The standard InChI is InChI=1S/C15H13FN2S/c16-12-4-3-11-7-15(19-14(11)8-12)13(17)6-10-2-1-5-18-9-10/h1-5,7-9,13H,6,17H2. The smallest absolute Gasteiger partial charge is 0.124 e. The second-order valence-corrected chi connectivity index (χ2v) is 5.62. The molecule has 0 amide bonds. The molecular weight excluding hydrogens is 259 g/mol. The third-order valence-corrected chi connectivity index (χ3v) is 4.27. The summed E-state index contributed by atoms with van der Waals surface area (Å²) in [6, 6.07) is 10.7. The van der Waals surface area contributed by atoms with E-state index in [0.717, 1.165) is 26.9 Å². The van der Waals surface area contributed by atoms with E-state index in [1.807, 2.05) is 24.4 Å². The van der Waals surface area contributed by atoms with Crippen LogP contribution in [-0.2, 0) is 6.42 Å². The fraction of sp³-hybridized carbons (Fsp3) is 0.133. The summed E-state index contributed by atoms with van der Waals surface area (Å²) in [7, 11) is 0. The van der Waals surface area contributed by atoms with E-state index in [0.29, 0.717) is 0 Å². The monoisotopic (exact) mass is 272 g/mol. The third-order valence-electron chi connectivity index (χ3n) is 3.05. The van der Waals surface area contributed by atoms with Gasteiger partial charge in [-0.25, -0.2) is 4.39 Å². The fourth-order valence-corrected chi connectivity index (χ4v) is 3.17. The fourth-order valence-electron chi connectivity index (χ4n) is 2.08. The first-order valence-corrected chi connectivity index (χ1v) is 6.87. The molecule has 2 N–H and O–H groups in total. The van der Waals surface area contributed by atoms with Crippen molar-refractivity contribution in [2.24, 2.45) is 5.73 Å². The van der Waals surface area contributed by atoms with Gasteiger partial charge in [-0.3, -0.25) is 4.98 Å². The van der Waals surface area contributed by atoms with E-state index in [2.05, 4.69) is 4.98 Å². The zero-order chi connectivity index (χ0) is 13.2. The molecule has 0 radical (unpaired) electrons. The highest BCUT2D eigenvalue weighted by atomic mass is 32.1. The maximum Gasteiger partial charge on any atom is 0.124 e. The molecular formula is C15H13FN2S. The molecule has 0 spiro atoms. The summed E-state index contributed by atoms with van der Waals surface area (Å²) in [4.78, 5) is 5.16. The molecule has 96 valence electrons. The zero-order valence-electron chi connectivity index (χ0n) is 10.2. The molecule has 2 aromatic heterocycles. The summed E-state index contributed by atoms with van der Waals surface area (Å²) in [5, 5.41) is 1.04. The van der Waals surface area contributed by atoms with Crippen LogP contribution in [0.15, 0.2) is 48.8 Å². The second kappa shape index (κ2) is 5.07. The highest BCUT2D eigenvalue weighted by molar-refractivity contribution is 7.19. The molecule has 0 bridgehead atoms. The highest BCUT2D eigenvalue weighted by Gasteiger charge is 2.11. The molecule has 3 rings (SSSR count). The van der Waals surface area contributed by atoms with Gasteiger partial charge in [0.1, 0.15) is 5.82 Å². The predicted octanol–water partition coefficient (Wildman–Crippen LogP) is 3.68. The van der Waals surface area contributed by atoms with Gasteiger partial charge in [-0.05, 0) is 41.6 Å². The molecule has 3 aromatic rings. The van der Waals surface area contributed by atoms with Crippen LogP contribution in [0, 0.1) is 5.82 Å². The van der Waals surface area contributed by atoms with E-state index in [-0.39, 0.29) is 11.9 Å². The molecule has 0 fully saturated rings. The van der Waals surface area contributed by atoms with E-state index in [1.54, 1.807) is 29.7 Å². The van der Waals surface area contributed by atoms with E-state index < -0.39 is 0 Å². The Labute approximate surface area is 114 Å². The van der Waals surface area contributed by atoms with Gasteiger partial charge in [0.2, 0.25) is 0 Å². The van der Waals surface area contributed by atoms with Crippen LogP contribution in [0.1, 0.15) is 16.5 Å². The van der Waals surface area contributed by atoms with Crippen LogP contribution >= 0.6 is 11.3 Å². The van der Waals surface area contributed by atoms with Crippen molar-refractivity contribution in [1.82, 2.24) is 4.98 Å². The van der Waals surface area contributed by atoms with Crippen molar-refractivity contribution in [2.75, 3.05) is 0 Å². The van der Waals surface area contributed by atoms with Gasteiger partial charge in [0.25, 0.3) is 0 Å². The lowest BCUT2D eigenvalue weighted by molar-refractivity contribution is 0.630. The molecule has 2 heterocycles. The van der Waals surface area contributed by atoms with Crippen LogP contribution in [0.5, 0.6) is 0 Å². The molecule has 4 heteroatoms. The van der Waals surface area contributed by atoms with Crippen molar-refractivity contribution in [3.63, 3.8) is 0 Å². The van der Waals surface area contributed by atoms with Gasteiger partial charge in [-0.2, -0.15) is 0 Å². The summed E-state index contributed by atoms with van der Waals surface area (Å²) in [5.41, 5.74) is 7.33. The number of hydrogen-bond donors (Lipinski definition) is 1. The Balaban J connectivity index is 1.87. The lowest BCUT2D eigenvalue weighted by atomic mass is 10.1. The number of halogens is 1. The van der Waals surface area contributed by atoms with E-state index >= 15 is 0 Å². The largest absolute Gasteiger partial charge is 0.323 e. The van der Waals surface area contributed by atoms with Gasteiger partial charge in [0.05, 0.1) is 0 Å². The molecule has 1 unspecified atom stereocenters.